The van der Waals surface area contributed by atoms with Gasteiger partial charge in [-0.15, -0.1) is 0 Å². The molecule has 0 aliphatic heterocycles. The van der Waals surface area contributed by atoms with Crippen molar-refractivity contribution in [3.63, 3.8) is 0 Å². The summed E-state index contributed by atoms with van der Waals surface area (Å²) >= 11 is 0. The number of aromatic nitrogens is 1. The van der Waals surface area contributed by atoms with E-state index in [4.69, 9.17) is 6.85 Å². The van der Waals surface area contributed by atoms with Crippen molar-refractivity contribution in [2.75, 3.05) is 4.90 Å². The molecule has 0 aliphatic rings. The molecule has 0 saturated heterocycles. The summed E-state index contributed by atoms with van der Waals surface area (Å²) in [7, 11) is 0. The molecule has 8 aromatic carbocycles. The average Bonchev–Trinajstić information content (AvgIpc) is 3.55. The van der Waals surface area contributed by atoms with E-state index < -0.39 is 6.04 Å². The van der Waals surface area contributed by atoms with Crippen LogP contribution in [-0.2, 0) is 0 Å². The molecule has 0 bridgehead atoms. The maximum Gasteiger partial charge on any atom is 0.0645 e. The minimum Gasteiger partial charge on any atom is -0.311 e. The SMILES string of the molecule is [2H]c1c([2H])c([2H])c(N(c2ccc(-c3cccc(-n4c5ccccc5c5ccccc54)c3)cc2)c2ccc(-c3cccc4ccccc34)cc2)c([2H])c1[2H]. The van der Waals surface area contributed by atoms with E-state index in [1.165, 1.54) is 10.8 Å². The van der Waals surface area contributed by atoms with Crippen LogP contribution < -0.4 is 4.90 Å². The Labute approximate surface area is 287 Å². The molecular weight excluding hydrogens is 581 g/mol. The lowest BCUT2D eigenvalue weighted by Gasteiger charge is -2.26. The van der Waals surface area contributed by atoms with E-state index in [-0.39, 0.29) is 29.9 Å². The van der Waals surface area contributed by atoms with Crippen LogP contribution in [0.1, 0.15) is 6.85 Å². The van der Waals surface area contributed by atoms with E-state index in [1.54, 1.807) is 4.90 Å². The second kappa shape index (κ2) is 11.8. The Hall–Kier alpha value is -6.38. The van der Waals surface area contributed by atoms with Crippen LogP contribution in [0.5, 0.6) is 0 Å². The zero-order valence-corrected chi connectivity index (χ0v) is 26.0. The molecule has 0 N–H and O–H groups in total. The average molecular weight is 618 g/mol. The number of benzene rings is 8. The third kappa shape index (κ3) is 4.83. The molecule has 2 heteroatoms. The standard InChI is InChI=1S/C46H32N2/c1-2-15-37(16-3-1)47(39-30-26-35(27-31-39)42-21-11-13-34-12-4-5-18-41(34)42)38-28-24-33(25-29-38)36-14-10-17-40(32-36)48-45-22-8-6-19-43(45)44-20-7-9-23-46(44)48/h1-32H/i1D,2D,3D,15D,16D. The molecule has 0 spiro atoms. The lowest BCUT2D eigenvalue weighted by atomic mass is 9.98. The molecule has 9 rings (SSSR count). The van der Waals surface area contributed by atoms with Gasteiger partial charge in [0.15, 0.2) is 0 Å². The fourth-order valence-corrected chi connectivity index (χ4v) is 6.86. The molecule has 0 atom stereocenters. The minimum absolute atomic E-state index is 0.0926. The van der Waals surface area contributed by atoms with Gasteiger partial charge in [0, 0.05) is 33.5 Å². The summed E-state index contributed by atoms with van der Waals surface area (Å²) in [6.07, 6.45) is 0. The van der Waals surface area contributed by atoms with Crippen molar-refractivity contribution in [1.82, 2.24) is 4.57 Å². The Balaban J connectivity index is 1.14. The van der Waals surface area contributed by atoms with E-state index in [2.05, 4.69) is 102 Å². The molecule has 226 valence electrons. The lowest BCUT2D eigenvalue weighted by molar-refractivity contribution is 1.18. The molecular formula is C46H32N2. The van der Waals surface area contributed by atoms with E-state index >= 15 is 0 Å². The third-order valence-corrected chi connectivity index (χ3v) is 9.08. The molecule has 0 radical (unpaired) electrons. The van der Waals surface area contributed by atoms with Crippen LogP contribution >= 0.6 is 0 Å². The Morgan fingerprint density at radius 1 is 0.417 bits per heavy atom. The first-order valence-electron chi connectivity index (χ1n) is 18.5. The van der Waals surface area contributed by atoms with Gasteiger partial charge < -0.3 is 9.47 Å². The van der Waals surface area contributed by atoms with Crippen LogP contribution in [0.2, 0.25) is 0 Å². The van der Waals surface area contributed by atoms with Crippen molar-refractivity contribution in [1.29, 1.82) is 0 Å². The van der Waals surface area contributed by atoms with Gasteiger partial charge in [0.1, 0.15) is 0 Å². The summed E-state index contributed by atoms with van der Waals surface area (Å²) in [6, 6.07) is 54.0. The lowest BCUT2D eigenvalue weighted by Crippen LogP contribution is -2.09. The Morgan fingerprint density at radius 3 is 1.67 bits per heavy atom. The summed E-state index contributed by atoms with van der Waals surface area (Å²) in [5.41, 5.74) is 8.90. The Bertz CT molecular complexity index is 2750. The molecule has 2 nitrogen and oxygen atoms in total. The number of rotatable bonds is 6. The minimum atomic E-state index is -0.423. The van der Waals surface area contributed by atoms with Crippen molar-refractivity contribution in [3.05, 3.63) is 194 Å². The highest BCUT2D eigenvalue weighted by Crippen LogP contribution is 2.38. The second-order valence-electron chi connectivity index (χ2n) is 11.8. The van der Waals surface area contributed by atoms with Gasteiger partial charge in [0.25, 0.3) is 0 Å². The summed E-state index contributed by atoms with van der Waals surface area (Å²) in [6.45, 7) is 0. The van der Waals surface area contributed by atoms with Crippen LogP contribution in [0.3, 0.4) is 0 Å². The van der Waals surface area contributed by atoms with E-state index in [0.29, 0.717) is 11.4 Å². The molecule has 1 aromatic heterocycles. The number of hydrogen-bond acceptors (Lipinski definition) is 1. The van der Waals surface area contributed by atoms with Crippen LogP contribution in [0.4, 0.5) is 17.1 Å². The summed E-state index contributed by atoms with van der Waals surface area (Å²) in [5, 5.41) is 4.70. The van der Waals surface area contributed by atoms with Crippen LogP contribution in [0.15, 0.2) is 194 Å². The molecule has 0 fully saturated rings. The number of anilines is 3. The van der Waals surface area contributed by atoms with E-state index in [0.717, 1.165) is 49.7 Å². The van der Waals surface area contributed by atoms with Crippen molar-refractivity contribution >= 4 is 49.6 Å². The van der Waals surface area contributed by atoms with Crippen LogP contribution in [-0.4, -0.2) is 4.57 Å². The van der Waals surface area contributed by atoms with Gasteiger partial charge in [-0.1, -0.05) is 133 Å². The predicted molar refractivity (Wildman–Crippen MR) is 204 cm³/mol. The number of fused-ring (bicyclic) bond motifs is 4. The van der Waals surface area contributed by atoms with Gasteiger partial charge in [-0.05, 0) is 93.6 Å². The normalized spacial score (nSPS) is 12.8. The zero-order valence-electron chi connectivity index (χ0n) is 31.0. The maximum absolute atomic E-state index is 8.90. The maximum atomic E-state index is 8.90. The van der Waals surface area contributed by atoms with Crippen LogP contribution in [0, 0.1) is 0 Å². The first kappa shape index (κ1) is 23.0. The quantitative estimate of drug-likeness (QED) is 0.180. The molecule has 1 heterocycles. The number of nitrogens with zero attached hydrogens (tertiary/aromatic N) is 2. The number of hydrogen-bond donors (Lipinski definition) is 0. The molecule has 0 amide bonds. The van der Waals surface area contributed by atoms with Gasteiger partial charge in [-0.25, -0.2) is 0 Å². The first-order chi connectivity index (χ1) is 25.9. The summed E-state index contributed by atoms with van der Waals surface area (Å²) in [4.78, 5) is 1.76. The summed E-state index contributed by atoms with van der Waals surface area (Å²) in [5.74, 6) is 0. The largest absolute Gasteiger partial charge is 0.311 e. The van der Waals surface area contributed by atoms with Crippen molar-refractivity contribution in [2.24, 2.45) is 0 Å². The molecule has 9 aromatic rings. The highest BCUT2D eigenvalue weighted by atomic mass is 15.1. The van der Waals surface area contributed by atoms with Gasteiger partial charge in [0.2, 0.25) is 0 Å². The molecule has 0 aliphatic carbocycles. The topological polar surface area (TPSA) is 8.17 Å². The molecule has 48 heavy (non-hydrogen) atoms. The molecule has 0 unspecified atom stereocenters. The second-order valence-corrected chi connectivity index (χ2v) is 11.8. The smallest absolute Gasteiger partial charge is 0.0645 e. The Kier molecular flexibility index (Phi) is 5.64. The highest BCUT2D eigenvalue weighted by molar-refractivity contribution is 6.09. The number of para-hydroxylation sites is 3. The van der Waals surface area contributed by atoms with Crippen molar-refractivity contribution in [2.45, 2.75) is 0 Å². The van der Waals surface area contributed by atoms with Crippen molar-refractivity contribution < 1.29 is 6.85 Å². The van der Waals surface area contributed by atoms with Crippen LogP contribution in [0.25, 0.3) is 60.5 Å². The van der Waals surface area contributed by atoms with E-state index in [9.17, 15) is 0 Å². The van der Waals surface area contributed by atoms with Gasteiger partial charge >= 0.3 is 0 Å². The van der Waals surface area contributed by atoms with Gasteiger partial charge in [-0.2, -0.15) is 0 Å². The predicted octanol–water partition coefficient (Wildman–Crippen LogP) is 12.7. The monoisotopic (exact) mass is 617 g/mol. The fraction of sp³-hybridized carbons (Fsp3) is 0. The highest BCUT2D eigenvalue weighted by Gasteiger charge is 2.15. The fourth-order valence-electron chi connectivity index (χ4n) is 6.86. The third-order valence-electron chi connectivity index (χ3n) is 9.08. The first-order valence-corrected chi connectivity index (χ1v) is 16.0. The summed E-state index contributed by atoms with van der Waals surface area (Å²) < 4.78 is 45.3. The van der Waals surface area contributed by atoms with E-state index in [1.807, 2.05) is 66.7 Å². The molecule has 0 saturated carbocycles. The zero-order chi connectivity index (χ0) is 36.2. The van der Waals surface area contributed by atoms with Gasteiger partial charge in [-0.3, -0.25) is 0 Å². The Morgan fingerprint density at radius 2 is 0.979 bits per heavy atom. The van der Waals surface area contributed by atoms with Gasteiger partial charge in [0.05, 0.1) is 17.9 Å². The van der Waals surface area contributed by atoms with Crippen molar-refractivity contribution in [3.8, 4) is 27.9 Å².